The zero-order chi connectivity index (χ0) is 10.7. The normalized spacial score (nSPS) is 10.1. The van der Waals surface area contributed by atoms with Crippen LogP contribution in [0.3, 0.4) is 0 Å². The molecule has 0 aliphatic carbocycles. The fourth-order valence-corrected chi connectivity index (χ4v) is 1.25. The molecule has 0 radical (unpaired) electrons. The Balaban J connectivity index is 2.31. The van der Waals surface area contributed by atoms with Gasteiger partial charge in [0.2, 0.25) is 0 Å². The summed E-state index contributed by atoms with van der Waals surface area (Å²) >= 11 is 0. The van der Waals surface area contributed by atoms with Crippen LogP contribution in [0, 0.1) is 0 Å². The van der Waals surface area contributed by atoms with Gasteiger partial charge in [0.1, 0.15) is 0 Å². The second kappa shape index (κ2) is 3.91. The highest BCUT2D eigenvalue weighted by molar-refractivity contribution is 5.70. The van der Waals surface area contributed by atoms with Crippen molar-refractivity contribution < 1.29 is 14.4 Å². The minimum absolute atomic E-state index is 0.0953. The van der Waals surface area contributed by atoms with Crippen LogP contribution in [-0.2, 0) is 11.2 Å². The van der Waals surface area contributed by atoms with E-state index in [1.165, 1.54) is 6.20 Å². The topological polar surface area (TPSA) is 76.2 Å². The minimum Gasteiger partial charge on any atom is -0.481 e. The lowest BCUT2D eigenvalue weighted by Gasteiger charge is -1.98. The molecule has 5 nitrogen and oxygen atoms in total. The molecule has 2 rings (SSSR count). The predicted molar refractivity (Wildman–Crippen MR) is 51.1 cm³/mol. The third-order valence-electron chi connectivity index (χ3n) is 1.87. The molecule has 0 saturated heterocycles. The molecule has 76 valence electrons. The molecular formula is C10H8N2O3. The van der Waals surface area contributed by atoms with E-state index in [9.17, 15) is 4.79 Å². The largest absolute Gasteiger partial charge is 0.481 e. The number of carboxylic acids is 1. The maximum atomic E-state index is 10.5. The van der Waals surface area contributed by atoms with Crippen molar-refractivity contribution in [1.29, 1.82) is 0 Å². The highest BCUT2D eigenvalue weighted by Gasteiger charge is 2.06. The molecule has 0 aliphatic heterocycles. The summed E-state index contributed by atoms with van der Waals surface area (Å²) in [7, 11) is 0. The first-order valence-corrected chi connectivity index (χ1v) is 4.33. The van der Waals surface area contributed by atoms with E-state index in [-0.39, 0.29) is 6.42 Å². The van der Waals surface area contributed by atoms with Crippen molar-refractivity contribution in [2.24, 2.45) is 0 Å². The number of rotatable bonds is 3. The zero-order valence-corrected chi connectivity index (χ0v) is 7.75. The Morgan fingerprint density at radius 2 is 2.27 bits per heavy atom. The average molecular weight is 204 g/mol. The van der Waals surface area contributed by atoms with Gasteiger partial charge >= 0.3 is 5.97 Å². The van der Waals surface area contributed by atoms with Crippen molar-refractivity contribution >= 4 is 5.97 Å². The highest BCUT2D eigenvalue weighted by Crippen LogP contribution is 2.18. The van der Waals surface area contributed by atoms with Crippen molar-refractivity contribution in [2.45, 2.75) is 6.42 Å². The molecule has 0 aromatic carbocycles. The van der Waals surface area contributed by atoms with E-state index < -0.39 is 5.97 Å². The molecule has 0 unspecified atom stereocenters. The number of carbonyl (C=O) groups is 1. The number of carboxylic acid groups (broad SMARTS) is 1. The molecule has 0 aliphatic rings. The number of aliphatic carboxylic acids is 1. The van der Waals surface area contributed by atoms with Crippen molar-refractivity contribution in [3.63, 3.8) is 0 Å². The molecule has 2 aromatic heterocycles. The average Bonchev–Trinajstić information content (AvgIpc) is 2.69. The summed E-state index contributed by atoms with van der Waals surface area (Å²) in [5.41, 5.74) is 1.27. The number of hydrogen-bond donors (Lipinski definition) is 1. The Bertz CT molecular complexity index is 465. The third-order valence-corrected chi connectivity index (χ3v) is 1.87. The Hall–Kier alpha value is -2.17. The first kappa shape index (κ1) is 9.39. The summed E-state index contributed by atoms with van der Waals surface area (Å²) in [6.45, 7) is 0. The molecule has 0 atom stereocenters. The van der Waals surface area contributed by atoms with Crippen LogP contribution in [0.2, 0.25) is 0 Å². The van der Waals surface area contributed by atoms with Crippen molar-refractivity contribution in [3.8, 4) is 11.3 Å². The van der Waals surface area contributed by atoms with Crippen LogP contribution in [-0.4, -0.2) is 21.2 Å². The maximum Gasteiger partial charge on any atom is 0.309 e. The molecule has 0 saturated carbocycles. The monoisotopic (exact) mass is 204 g/mol. The zero-order valence-electron chi connectivity index (χ0n) is 7.75. The molecule has 5 heteroatoms. The molecule has 0 amide bonds. The van der Waals surface area contributed by atoms with Gasteiger partial charge in [0.15, 0.2) is 5.76 Å². The van der Waals surface area contributed by atoms with Gasteiger partial charge in [0.05, 0.1) is 18.3 Å². The molecule has 1 N–H and O–H groups in total. The Morgan fingerprint density at radius 1 is 1.40 bits per heavy atom. The lowest BCUT2D eigenvalue weighted by molar-refractivity contribution is -0.136. The highest BCUT2D eigenvalue weighted by atomic mass is 16.5. The van der Waals surface area contributed by atoms with E-state index in [0.717, 1.165) is 5.56 Å². The van der Waals surface area contributed by atoms with Crippen LogP contribution in [0.4, 0.5) is 0 Å². The van der Waals surface area contributed by atoms with E-state index in [0.29, 0.717) is 11.5 Å². The Kier molecular flexibility index (Phi) is 2.45. The van der Waals surface area contributed by atoms with Crippen molar-refractivity contribution in [2.75, 3.05) is 0 Å². The van der Waals surface area contributed by atoms with Gasteiger partial charge in [-0.3, -0.25) is 9.78 Å². The van der Waals surface area contributed by atoms with E-state index in [1.54, 1.807) is 24.4 Å². The van der Waals surface area contributed by atoms with Gasteiger partial charge in [-0.1, -0.05) is 5.16 Å². The van der Waals surface area contributed by atoms with Crippen LogP contribution in [0.25, 0.3) is 11.3 Å². The standard InChI is InChI=1S/C10H8N2O3/c13-10(14)6-8-5-7(1-3-11-8)9-2-4-12-15-9/h1-5H,6H2,(H,13,14). The van der Waals surface area contributed by atoms with E-state index in [2.05, 4.69) is 10.1 Å². The summed E-state index contributed by atoms with van der Waals surface area (Å²) in [5.74, 6) is -0.304. The number of aromatic nitrogens is 2. The van der Waals surface area contributed by atoms with Gasteiger partial charge in [-0.05, 0) is 12.1 Å². The fraction of sp³-hybridized carbons (Fsp3) is 0.100. The smallest absolute Gasteiger partial charge is 0.309 e. The Labute approximate surface area is 85.4 Å². The lowest BCUT2D eigenvalue weighted by Crippen LogP contribution is -2.01. The van der Waals surface area contributed by atoms with Gasteiger partial charge < -0.3 is 9.63 Å². The first-order chi connectivity index (χ1) is 7.25. The second-order valence-corrected chi connectivity index (χ2v) is 2.98. The Morgan fingerprint density at radius 3 is 2.93 bits per heavy atom. The van der Waals surface area contributed by atoms with E-state index in [4.69, 9.17) is 9.63 Å². The van der Waals surface area contributed by atoms with Gasteiger partial charge in [0, 0.05) is 17.8 Å². The van der Waals surface area contributed by atoms with Gasteiger partial charge in [-0.25, -0.2) is 0 Å². The summed E-state index contributed by atoms with van der Waals surface area (Å²) in [5, 5.41) is 12.2. The summed E-state index contributed by atoms with van der Waals surface area (Å²) < 4.78 is 4.95. The number of pyridine rings is 1. The van der Waals surface area contributed by atoms with E-state index >= 15 is 0 Å². The molecule has 0 bridgehead atoms. The van der Waals surface area contributed by atoms with Gasteiger partial charge in [-0.15, -0.1) is 0 Å². The fourth-order valence-electron chi connectivity index (χ4n) is 1.25. The predicted octanol–water partition coefficient (Wildman–Crippen LogP) is 1.36. The van der Waals surface area contributed by atoms with Crippen LogP contribution in [0.15, 0.2) is 35.1 Å². The quantitative estimate of drug-likeness (QED) is 0.816. The van der Waals surface area contributed by atoms with Crippen LogP contribution in [0.5, 0.6) is 0 Å². The SMILES string of the molecule is O=C(O)Cc1cc(-c2ccno2)ccn1. The van der Waals surface area contributed by atoms with Crippen LogP contribution < -0.4 is 0 Å². The van der Waals surface area contributed by atoms with Crippen molar-refractivity contribution in [1.82, 2.24) is 10.1 Å². The van der Waals surface area contributed by atoms with Crippen LogP contribution in [0.1, 0.15) is 5.69 Å². The molecular weight excluding hydrogens is 196 g/mol. The summed E-state index contributed by atoms with van der Waals surface area (Å²) in [6.07, 6.45) is 2.99. The maximum absolute atomic E-state index is 10.5. The van der Waals surface area contributed by atoms with Crippen molar-refractivity contribution in [3.05, 3.63) is 36.3 Å². The number of nitrogens with zero attached hydrogens (tertiary/aromatic N) is 2. The molecule has 0 fully saturated rings. The molecule has 0 spiro atoms. The van der Waals surface area contributed by atoms with Gasteiger partial charge in [0.25, 0.3) is 0 Å². The van der Waals surface area contributed by atoms with E-state index in [1.807, 2.05) is 0 Å². The number of hydrogen-bond acceptors (Lipinski definition) is 4. The molecule has 15 heavy (non-hydrogen) atoms. The van der Waals surface area contributed by atoms with Gasteiger partial charge in [-0.2, -0.15) is 0 Å². The molecule has 2 heterocycles. The second-order valence-electron chi connectivity index (χ2n) is 2.98. The third kappa shape index (κ3) is 2.19. The summed E-state index contributed by atoms with van der Waals surface area (Å²) in [6, 6.07) is 5.13. The summed E-state index contributed by atoms with van der Waals surface area (Å²) in [4.78, 5) is 14.4. The minimum atomic E-state index is -0.905. The van der Waals surface area contributed by atoms with Crippen LogP contribution >= 0.6 is 0 Å². The first-order valence-electron chi connectivity index (χ1n) is 4.33. The lowest BCUT2D eigenvalue weighted by atomic mass is 10.1. The molecule has 2 aromatic rings.